The van der Waals surface area contributed by atoms with E-state index in [4.69, 9.17) is 14.2 Å². The number of hydrogen-bond acceptors (Lipinski definition) is 9. The lowest BCUT2D eigenvalue weighted by atomic mass is 9.89. The first kappa shape index (κ1) is 21.5. The molecule has 2 aromatic rings. The van der Waals surface area contributed by atoms with Crippen LogP contribution in [0.4, 0.5) is 5.69 Å². The Bertz CT molecular complexity index is 1270. The fourth-order valence-corrected chi connectivity index (χ4v) is 3.28. The largest absolute Gasteiger partial charge is 0.466 e. The van der Waals surface area contributed by atoms with Crippen molar-refractivity contribution in [2.75, 3.05) is 14.2 Å². The van der Waals surface area contributed by atoms with Gasteiger partial charge in [0.15, 0.2) is 0 Å². The number of ether oxygens (including phenoxy) is 3. The molecule has 0 fully saturated rings. The van der Waals surface area contributed by atoms with Gasteiger partial charge in [-0.05, 0) is 5.56 Å². The molecule has 1 unspecified atom stereocenters. The van der Waals surface area contributed by atoms with E-state index in [1.54, 1.807) is 0 Å². The number of fused-ring (bicyclic) bond motifs is 1. The quantitative estimate of drug-likeness (QED) is 0.367. The molecular formula is C19H17N3O9. The zero-order chi connectivity index (χ0) is 23.0. The van der Waals surface area contributed by atoms with Gasteiger partial charge in [0.1, 0.15) is 5.56 Å². The highest BCUT2D eigenvalue weighted by Gasteiger charge is 2.42. The third kappa shape index (κ3) is 3.37. The lowest BCUT2D eigenvalue weighted by Crippen LogP contribution is -2.45. The van der Waals surface area contributed by atoms with Crippen molar-refractivity contribution >= 4 is 23.2 Å². The highest BCUT2D eigenvalue weighted by molar-refractivity contribution is 6.08. The molecule has 1 aromatic carbocycles. The van der Waals surface area contributed by atoms with Gasteiger partial charge in [0.2, 0.25) is 12.0 Å². The normalized spacial score (nSPS) is 15.0. The van der Waals surface area contributed by atoms with Crippen molar-refractivity contribution in [1.82, 2.24) is 9.13 Å². The van der Waals surface area contributed by atoms with Crippen LogP contribution in [0, 0.1) is 10.1 Å². The van der Waals surface area contributed by atoms with Crippen LogP contribution < -0.4 is 16.0 Å². The number of non-ortho nitro benzene ring substituents is 1. The van der Waals surface area contributed by atoms with Gasteiger partial charge in [-0.25, -0.2) is 14.4 Å². The molecule has 1 aliphatic rings. The number of carbonyl (C=O) groups is 2. The molecule has 1 aromatic heterocycles. The van der Waals surface area contributed by atoms with Crippen LogP contribution in [-0.2, 0) is 33.2 Å². The summed E-state index contributed by atoms with van der Waals surface area (Å²) in [7, 11) is 4.65. The Labute approximate surface area is 174 Å². The Kier molecular flexibility index (Phi) is 5.47. The number of rotatable bonds is 4. The molecule has 0 aliphatic carbocycles. The molecule has 3 rings (SSSR count). The summed E-state index contributed by atoms with van der Waals surface area (Å²) in [5.74, 6) is -2.31. The van der Waals surface area contributed by atoms with Gasteiger partial charge >= 0.3 is 17.6 Å². The molecule has 1 aliphatic heterocycles. The summed E-state index contributed by atoms with van der Waals surface area (Å²) in [6.45, 7) is 0. The van der Waals surface area contributed by atoms with Crippen molar-refractivity contribution in [3.8, 4) is 5.88 Å². The molecule has 2 heterocycles. The fourth-order valence-electron chi connectivity index (χ4n) is 3.28. The molecule has 0 amide bonds. The number of benzene rings is 1. The summed E-state index contributed by atoms with van der Waals surface area (Å²) in [6.07, 6.45) is -1.68. The van der Waals surface area contributed by atoms with Crippen molar-refractivity contribution in [3.05, 3.63) is 71.9 Å². The first-order valence-corrected chi connectivity index (χ1v) is 8.76. The third-order valence-corrected chi connectivity index (χ3v) is 4.79. The fraction of sp³-hybridized carbons (Fsp3) is 0.263. The van der Waals surface area contributed by atoms with E-state index in [-0.39, 0.29) is 28.3 Å². The minimum absolute atomic E-state index is 0.0730. The summed E-state index contributed by atoms with van der Waals surface area (Å²) < 4.78 is 16.9. The molecule has 1 atom stereocenters. The summed E-state index contributed by atoms with van der Waals surface area (Å²) >= 11 is 0. The van der Waals surface area contributed by atoms with E-state index in [0.29, 0.717) is 0 Å². The smallest absolute Gasteiger partial charge is 0.352 e. The van der Waals surface area contributed by atoms with E-state index in [2.05, 4.69) is 0 Å². The maximum atomic E-state index is 13.0. The van der Waals surface area contributed by atoms with Gasteiger partial charge in [-0.1, -0.05) is 12.1 Å². The number of carbonyl (C=O) groups excluding carboxylic acids is 2. The lowest BCUT2D eigenvalue weighted by molar-refractivity contribution is -0.384. The monoisotopic (exact) mass is 431 g/mol. The van der Waals surface area contributed by atoms with Gasteiger partial charge in [-0.15, -0.1) is 0 Å². The number of esters is 2. The Morgan fingerprint density at radius 3 is 2.39 bits per heavy atom. The van der Waals surface area contributed by atoms with Gasteiger partial charge in [-0.3, -0.25) is 24.0 Å². The molecule has 0 bridgehead atoms. The van der Waals surface area contributed by atoms with Crippen LogP contribution >= 0.6 is 0 Å². The standard InChI is InChI=1S/C19H17N3O9/c1-20-15(23)13-11(9-6-5-7-10(8-9)22(27)28)12(17(24)29-3)14(18(25)30-4)31-16(13)21(2)19(20)26/h5-8,14H,1-4H3. The highest BCUT2D eigenvalue weighted by atomic mass is 16.6. The van der Waals surface area contributed by atoms with Crippen molar-refractivity contribution in [2.45, 2.75) is 6.10 Å². The second-order valence-electron chi connectivity index (χ2n) is 6.49. The minimum atomic E-state index is -1.68. The van der Waals surface area contributed by atoms with Crippen LogP contribution in [-0.4, -0.2) is 46.3 Å². The lowest BCUT2D eigenvalue weighted by Gasteiger charge is -2.29. The van der Waals surface area contributed by atoms with Crippen molar-refractivity contribution in [1.29, 1.82) is 0 Å². The number of nitrogens with zero attached hydrogens (tertiary/aromatic N) is 3. The summed E-state index contributed by atoms with van der Waals surface area (Å²) in [4.78, 5) is 61.2. The van der Waals surface area contributed by atoms with Crippen LogP contribution in [0.5, 0.6) is 5.88 Å². The van der Waals surface area contributed by atoms with Crippen molar-refractivity contribution < 1.29 is 28.7 Å². The van der Waals surface area contributed by atoms with E-state index < -0.39 is 39.8 Å². The third-order valence-electron chi connectivity index (χ3n) is 4.79. The van der Waals surface area contributed by atoms with E-state index in [1.807, 2.05) is 0 Å². The Balaban J connectivity index is 2.55. The molecule has 31 heavy (non-hydrogen) atoms. The topological polar surface area (TPSA) is 149 Å². The Hall–Kier alpha value is -4.22. The summed E-state index contributed by atoms with van der Waals surface area (Å²) in [6, 6.07) is 5.12. The van der Waals surface area contributed by atoms with E-state index in [0.717, 1.165) is 29.4 Å². The zero-order valence-corrected chi connectivity index (χ0v) is 16.9. The number of methoxy groups -OCH3 is 2. The molecule has 162 valence electrons. The molecule has 0 spiro atoms. The van der Waals surface area contributed by atoms with Crippen LogP contribution in [0.1, 0.15) is 11.1 Å². The molecule has 0 saturated heterocycles. The van der Waals surface area contributed by atoms with Crippen molar-refractivity contribution in [3.63, 3.8) is 0 Å². The van der Waals surface area contributed by atoms with Gasteiger partial charge < -0.3 is 14.2 Å². The van der Waals surface area contributed by atoms with E-state index in [9.17, 15) is 29.3 Å². The van der Waals surface area contributed by atoms with Gasteiger partial charge in [0.25, 0.3) is 11.2 Å². The van der Waals surface area contributed by atoms with Gasteiger partial charge in [-0.2, -0.15) is 0 Å². The Morgan fingerprint density at radius 1 is 1.13 bits per heavy atom. The summed E-state index contributed by atoms with van der Waals surface area (Å²) in [5.41, 5.74) is -2.58. The maximum absolute atomic E-state index is 13.0. The molecule has 0 N–H and O–H groups in total. The van der Waals surface area contributed by atoms with E-state index in [1.165, 1.54) is 32.3 Å². The number of aromatic nitrogens is 2. The van der Waals surface area contributed by atoms with Gasteiger partial charge in [0, 0.05) is 31.8 Å². The van der Waals surface area contributed by atoms with Crippen LogP contribution in [0.25, 0.3) is 5.57 Å². The highest BCUT2D eigenvalue weighted by Crippen LogP contribution is 2.38. The molecule has 12 nitrogen and oxygen atoms in total. The van der Waals surface area contributed by atoms with Crippen LogP contribution in [0.3, 0.4) is 0 Å². The zero-order valence-electron chi connectivity index (χ0n) is 16.9. The molecule has 0 saturated carbocycles. The predicted molar refractivity (Wildman–Crippen MR) is 104 cm³/mol. The average molecular weight is 431 g/mol. The SMILES string of the molecule is COC(=O)C1=C(c2cccc([N+](=O)[O-])c2)c2c(n(C)c(=O)n(C)c2=O)OC1C(=O)OC. The molecular weight excluding hydrogens is 414 g/mol. The minimum Gasteiger partial charge on any atom is -0.466 e. The van der Waals surface area contributed by atoms with Crippen LogP contribution in [0.15, 0.2) is 39.4 Å². The average Bonchev–Trinajstić information content (AvgIpc) is 2.78. The molecule has 0 radical (unpaired) electrons. The number of hydrogen-bond donors (Lipinski definition) is 0. The molecule has 12 heteroatoms. The second kappa shape index (κ2) is 7.89. The van der Waals surface area contributed by atoms with Crippen molar-refractivity contribution in [2.24, 2.45) is 14.1 Å². The Morgan fingerprint density at radius 2 is 1.81 bits per heavy atom. The predicted octanol–water partition coefficient (Wildman–Crippen LogP) is -0.0989. The van der Waals surface area contributed by atoms with Crippen LogP contribution in [0.2, 0.25) is 0 Å². The number of nitro groups is 1. The maximum Gasteiger partial charge on any atom is 0.352 e. The first-order valence-electron chi connectivity index (χ1n) is 8.76. The summed E-state index contributed by atoms with van der Waals surface area (Å²) in [5, 5.41) is 11.3. The number of nitro benzene ring substituents is 1. The first-order chi connectivity index (χ1) is 14.6. The van der Waals surface area contributed by atoms with Gasteiger partial charge in [0.05, 0.1) is 24.7 Å². The second-order valence-corrected chi connectivity index (χ2v) is 6.49. The van der Waals surface area contributed by atoms with E-state index >= 15 is 0 Å².